The maximum atomic E-state index is 13.2. The number of pyridine rings is 1. The summed E-state index contributed by atoms with van der Waals surface area (Å²) in [5.74, 6) is 0.0169. The lowest BCUT2D eigenvalue weighted by Gasteiger charge is -2.11. The zero-order chi connectivity index (χ0) is 17.0. The van der Waals surface area contributed by atoms with Gasteiger partial charge in [0.05, 0.1) is 11.2 Å². The average molecular weight is 342 g/mol. The van der Waals surface area contributed by atoms with Gasteiger partial charge >= 0.3 is 0 Å². The van der Waals surface area contributed by atoms with Crippen molar-refractivity contribution in [1.82, 2.24) is 4.98 Å². The van der Waals surface area contributed by atoms with Crippen LogP contribution in [-0.4, -0.2) is 10.8 Å². The van der Waals surface area contributed by atoms with E-state index in [4.69, 9.17) is 16.6 Å². The molecule has 3 aromatic carbocycles. The fourth-order valence-corrected chi connectivity index (χ4v) is 3.74. The molecule has 0 bridgehead atoms. The summed E-state index contributed by atoms with van der Waals surface area (Å²) in [4.78, 5) is 18.0. The summed E-state index contributed by atoms with van der Waals surface area (Å²) in [6.45, 7) is 0. The predicted molar refractivity (Wildman–Crippen MR) is 101 cm³/mol. The van der Waals surface area contributed by atoms with Crippen molar-refractivity contribution >= 4 is 28.3 Å². The molecule has 0 N–H and O–H groups in total. The van der Waals surface area contributed by atoms with Crippen molar-refractivity contribution in [3.63, 3.8) is 0 Å². The maximum Gasteiger partial charge on any atom is 0.195 e. The molecule has 5 rings (SSSR count). The van der Waals surface area contributed by atoms with Crippen LogP contribution >= 0.6 is 11.6 Å². The number of nitrogens with zero attached hydrogens (tertiary/aromatic N) is 1. The van der Waals surface area contributed by atoms with Gasteiger partial charge < -0.3 is 0 Å². The number of aromatic nitrogens is 1. The number of para-hydroxylation sites is 1. The summed E-state index contributed by atoms with van der Waals surface area (Å²) in [5.41, 5.74) is 5.85. The van der Waals surface area contributed by atoms with Gasteiger partial charge in [0.2, 0.25) is 0 Å². The fraction of sp³-hybridized carbons (Fsp3) is 0. The van der Waals surface area contributed by atoms with E-state index in [1.54, 1.807) is 6.07 Å². The van der Waals surface area contributed by atoms with Crippen LogP contribution in [0.3, 0.4) is 0 Å². The Hall–Kier alpha value is -2.97. The molecule has 0 saturated heterocycles. The molecule has 1 heterocycles. The lowest BCUT2D eigenvalue weighted by molar-refractivity contribution is 0.104. The Kier molecular flexibility index (Phi) is 3.03. The Balaban J connectivity index is 1.96. The number of hydrogen-bond donors (Lipinski definition) is 0. The lowest BCUT2D eigenvalue weighted by atomic mass is 9.96. The Labute approximate surface area is 149 Å². The molecule has 25 heavy (non-hydrogen) atoms. The zero-order valence-corrected chi connectivity index (χ0v) is 13.9. The summed E-state index contributed by atoms with van der Waals surface area (Å²) in [5, 5.41) is 1.45. The van der Waals surface area contributed by atoms with Crippen LogP contribution in [0.25, 0.3) is 33.3 Å². The minimum atomic E-state index is 0.0169. The van der Waals surface area contributed by atoms with Gasteiger partial charge in [-0.25, -0.2) is 4.98 Å². The topological polar surface area (TPSA) is 30.0 Å². The van der Waals surface area contributed by atoms with Crippen LogP contribution in [0.2, 0.25) is 5.02 Å². The van der Waals surface area contributed by atoms with E-state index in [9.17, 15) is 4.79 Å². The highest BCUT2D eigenvalue weighted by molar-refractivity contribution is 6.33. The van der Waals surface area contributed by atoms with Crippen molar-refractivity contribution < 1.29 is 4.79 Å². The van der Waals surface area contributed by atoms with Gasteiger partial charge in [0.15, 0.2) is 5.78 Å². The Morgan fingerprint density at radius 2 is 1.52 bits per heavy atom. The van der Waals surface area contributed by atoms with E-state index in [0.717, 1.165) is 38.9 Å². The molecule has 0 radical (unpaired) electrons. The number of benzene rings is 3. The smallest absolute Gasteiger partial charge is 0.195 e. The molecule has 0 unspecified atom stereocenters. The van der Waals surface area contributed by atoms with Gasteiger partial charge in [-0.2, -0.15) is 0 Å². The van der Waals surface area contributed by atoms with Gasteiger partial charge in [-0.3, -0.25) is 4.79 Å². The molecule has 0 spiro atoms. The number of ketones is 1. The van der Waals surface area contributed by atoms with E-state index in [0.29, 0.717) is 10.6 Å². The summed E-state index contributed by atoms with van der Waals surface area (Å²) in [6, 6.07) is 23.3. The van der Waals surface area contributed by atoms with E-state index in [2.05, 4.69) is 0 Å². The molecule has 3 heteroatoms. The Morgan fingerprint density at radius 1 is 0.760 bits per heavy atom. The van der Waals surface area contributed by atoms with E-state index in [1.165, 1.54) is 0 Å². The number of carbonyl (C=O) groups excluding carboxylic acids is 1. The molecule has 0 fully saturated rings. The molecular formula is C22H12ClNO. The number of halogens is 1. The highest BCUT2D eigenvalue weighted by atomic mass is 35.5. The van der Waals surface area contributed by atoms with Crippen LogP contribution in [0, 0.1) is 0 Å². The Bertz CT molecular complexity index is 1170. The lowest BCUT2D eigenvalue weighted by Crippen LogP contribution is -1.99. The van der Waals surface area contributed by atoms with Crippen LogP contribution in [0.15, 0.2) is 72.8 Å². The normalized spacial score (nSPS) is 12.3. The molecule has 4 aromatic rings. The fourth-order valence-electron chi connectivity index (χ4n) is 3.57. The van der Waals surface area contributed by atoms with Crippen molar-refractivity contribution in [1.29, 1.82) is 0 Å². The SMILES string of the molecule is O=C1c2cc(Cl)ccc2-c2c(-c3ccccc3)nc3ccccc3c21. The summed E-state index contributed by atoms with van der Waals surface area (Å²) in [6.07, 6.45) is 0. The highest BCUT2D eigenvalue weighted by Gasteiger charge is 2.32. The molecule has 1 aliphatic carbocycles. The minimum absolute atomic E-state index is 0.0169. The van der Waals surface area contributed by atoms with Gasteiger partial charge in [0.25, 0.3) is 0 Å². The van der Waals surface area contributed by atoms with Gasteiger partial charge in [-0.1, -0.05) is 66.2 Å². The predicted octanol–water partition coefficient (Wildman–Crippen LogP) is 5.77. The second-order valence-electron chi connectivity index (χ2n) is 6.11. The number of fused-ring (bicyclic) bond motifs is 5. The van der Waals surface area contributed by atoms with Crippen molar-refractivity contribution in [2.75, 3.05) is 0 Å². The molecule has 1 aromatic heterocycles. The summed E-state index contributed by atoms with van der Waals surface area (Å²) in [7, 11) is 0. The molecule has 0 amide bonds. The van der Waals surface area contributed by atoms with Gasteiger partial charge in [0, 0.05) is 32.7 Å². The molecular weight excluding hydrogens is 330 g/mol. The average Bonchev–Trinajstić information content (AvgIpc) is 2.95. The molecule has 118 valence electrons. The largest absolute Gasteiger partial charge is 0.289 e. The van der Waals surface area contributed by atoms with Crippen LogP contribution in [0.4, 0.5) is 0 Å². The number of rotatable bonds is 1. The van der Waals surface area contributed by atoms with Gasteiger partial charge in [-0.05, 0) is 23.8 Å². The first-order valence-corrected chi connectivity index (χ1v) is 8.44. The van der Waals surface area contributed by atoms with E-state index in [1.807, 2.05) is 66.7 Å². The second-order valence-corrected chi connectivity index (χ2v) is 6.55. The first-order valence-electron chi connectivity index (χ1n) is 8.07. The first kappa shape index (κ1) is 14.4. The minimum Gasteiger partial charge on any atom is -0.289 e. The third-order valence-electron chi connectivity index (χ3n) is 4.66. The number of hydrogen-bond acceptors (Lipinski definition) is 2. The highest BCUT2D eigenvalue weighted by Crippen LogP contribution is 2.45. The molecule has 2 nitrogen and oxygen atoms in total. The summed E-state index contributed by atoms with van der Waals surface area (Å²) >= 11 is 6.14. The quantitative estimate of drug-likeness (QED) is 0.387. The van der Waals surface area contributed by atoms with E-state index < -0.39 is 0 Å². The molecule has 0 aliphatic heterocycles. The summed E-state index contributed by atoms with van der Waals surface area (Å²) < 4.78 is 0. The van der Waals surface area contributed by atoms with Crippen LogP contribution in [0.1, 0.15) is 15.9 Å². The first-order chi connectivity index (χ1) is 12.2. The van der Waals surface area contributed by atoms with Crippen LogP contribution in [-0.2, 0) is 0 Å². The molecule has 1 aliphatic rings. The monoisotopic (exact) mass is 341 g/mol. The Morgan fingerprint density at radius 3 is 2.36 bits per heavy atom. The maximum absolute atomic E-state index is 13.2. The standard InChI is InChI=1S/C22H12ClNO/c23-14-10-11-15-17(12-14)22(25)20-16-8-4-5-9-18(16)24-21(19(15)20)13-6-2-1-3-7-13/h1-12H. The van der Waals surface area contributed by atoms with Gasteiger partial charge in [-0.15, -0.1) is 0 Å². The van der Waals surface area contributed by atoms with Crippen molar-refractivity contribution in [2.24, 2.45) is 0 Å². The van der Waals surface area contributed by atoms with Crippen molar-refractivity contribution in [3.05, 3.63) is 88.9 Å². The third-order valence-corrected chi connectivity index (χ3v) is 4.90. The van der Waals surface area contributed by atoms with Crippen LogP contribution in [0.5, 0.6) is 0 Å². The molecule has 0 atom stereocenters. The second kappa shape index (κ2) is 5.27. The van der Waals surface area contributed by atoms with E-state index >= 15 is 0 Å². The van der Waals surface area contributed by atoms with Gasteiger partial charge in [0.1, 0.15) is 0 Å². The third kappa shape index (κ3) is 2.04. The van der Waals surface area contributed by atoms with E-state index in [-0.39, 0.29) is 5.78 Å². The number of carbonyl (C=O) groups is 1. The van der Waals surface area contributed by atoms with Crippen molar-refractivity contribution in [2.45, 2.75) is 0 Å². The zero-order valence-electron chi connectivity index (χ0n) is 13.2. The van der Waals surface area contributed by atoms with Crippen molar-refractivity contribution in [3.8, 4) is 22.4 Å². The van der Waals surface area contributed by atoms with Crippen LogP contribution < -0.4 is 0 Å². The molecule has 0 saturated carbocycles.